The van der Waals surface area contributed by atoms with E-state index in [2.05, 4.69) is 10.3 Å². The number of rotatable bonds is 5. The maximum atomic E-state index is 11.1. The third-order valence-corrected chi connectivity index (χ3v) is 3.74. The van der Waals surface area contributed by atoms with E-state index in [1.807, 2.05) is 25.3 Å². The fourth-order valence-corrected chi connectivity index (χ4v) is 2.69. The molecule has 0 radical (unpaired) electrons. The Balaban J connectivity index is 2.59. The van der Waals surface area contributed by atoms with Crippen molar-refractivity contribution >= 4 is 27.4 Å². The second kappa shape index (κ2) is 5.54. The molecule has 6 heteroatoms. The van der Waals surface area contributed by atoms with E-state index in [0.29, 0.717) is 5.82 Å². The first-order chi connectivity index (χ1) is 7.40. The number of pyridine rings is 1. The van der Waals surface area contributed by atoms with Crippen molar-refractivity contribution in [2.24, 2.45) is 0 Å². The normalized spacial score (nSPS) is 13.4. The Bertz CT molecular complexity index is 429. The number of aromatic nitrogens is 1. The molecule has 0 aliphatic heterocycles. The van der Waals surface area contributed by atoms with Gasteiger partial charge in [-0.3, -0.25) is 0 Å². The first-order valence-electron chi connectivity index (χ1n) is 4.85. The summed E-state index contributed by atoms with van der Waals surface area (Å²) >= 11 is 1.62. The molecule has 1 aromatic rings. The third kappa shape index (κ3) is 4.85. The molecule has 1 unspecified atom stereocenters. The van der Waals surface area contributed by atoms with E-state index < -0.39 is 9.84 Å². The fraction of sp³-hybridized carbons (Fsp3) is 0.500. The second-order valence-electron chi connectivity index (χ2n) is 3.72. The predicted molar refractivity (Wildman–Crippen MR) is 68.8 cm³/mol. The predicted octanol–water partition coefficient (Wildman–Crippen LogP) is 1.65. The van der Waals surface area contributed by atoms with Gasteiger partial charge < -0.3 is 5.32 Å². The largest absolute Gasteiger partial charge is 0.367 e. The zero-order valence-corrected chi connectivity index (χ0v) is 11.2. The number of hydrogen-bond acceptors (Lipinski definition) is 5. The summed E-state index contributed by atoms with van der Waals surface area (Å²) in [5.74, 6) is 0.813. The lowest BCUT2D eigenvalue weighted by molar-refractivity contribution is 0.598. The van der Waals surface area contributed by atoms with E-state index in [-0.39, 0.29) is 11.8 Å². The Morgan fingerprint density at radius 1 is 1.50 bits per heavy atom. The van der Waals surface area contributed by atoms with Crippen LogP contribution in [0.1, 0.15) is 6.92 Å². The van der Waals surface area contributed by atoms with Crippen molar-refractivity contribution in [2.45, 2.75) is 17.9 Å². The molecule has 16 heavy (non-hydrogen) atoms. The highest BCUT2D eigenvalue weighted by molar-refractivity contribution is 7.98. The number of nitrogens with zero attached hydrogens (tertiary/aromatic N) is 1. The van der Waals surface area contributed by atoms with E-state index >= 15 is 0 Å². The van der Waals surface area contributed by atoms with Gasteiger partial charge in [-0.2, -0.15) is 0 Å². The summed E-state index contributed by atoms with van der Waals surface area (Å²) in [7, 11) is -2.95. The van der Waals surface area contributed by atoms with Gasteiger partial charge in [0.05, 0.1) is 5.75 Å². The Kier molecular flexibility index (Phi) is 4.61. The smallest absolute Gasteiger partial charge is 0.149 e. The van der Waals surface area contributed by atoms with Gasteiger partial charge in [-0.05, 0) is 25.3 Å². The quantitative estimate of drug-likeness (QED) is 0.816. The van der Waals surface area contributed by atoms with E-state index in [1.54, 1.807) is 18.0 Å². The van der Waals surface area contributed by atoms with Crippen molar-refractivity contribution in [1.29, 1.82) is 0 Å². The maximum absolute atomic E-state index is 11.1. The first-order valence-corrected chi connectivity index (χ1v) is 8.13. The summed E-state index contributed by atoms with van der Waals surface area (Å²) in [6.45, 7) is 1.82. The molecule has 0 aliphatic carbocycles. The minimum atomic E-state index is -2.95. The molecular weight excluding hydrogens is 244 g/mol. The highest BCUT2D eigenvalue weighted by Gasteiger charge is 2.10. The van der Waals surface area contributed by atoms with Gasteiger partial charge in [0.15, 0.2) is 0 Å². The van der Waals surface area contributed by atoms with Crippen molar-refractivity contribution in [3.05, 3.63) is 18.3 Å². The third-order valence-electron chi connectivity index (χ3n) is 1.92. The highest BCUT2D eigenvalue weighted by Crippen LogP contribution is 2.15. The van der Waals surface area contributed by atoms with Crippen molar-refractivity contribution < 1.29 is 8.42 Å². The highest BCUT2D eigenvalue weighted by atomic mass is 32.2. The molecule has 0 aliphatic rings. The number of nitrogens with one attached hydrogen (secondary N) is 1. The van der Waals surface area contributed by atoms with Crippen LogP contribution in [0.25, 0.3) is 0 Å². The lowest BCUT2D eigenvalue weighted by Crippen LogP contribution is -2.25. The molecule has 0 amide bonds. The molecule has 90 valence electrons. The molecule has 0 aromatic carbocycles. The summed E-state index contributed by atoms with van der Waals surface area (Å²) in [5, 5.41) is 3.05. The summed E-state index contributed by atoms with van der Waals surface area (Å²) < 4.78 is 22.1. The van der Waals surface area contributed by atoms with Crippen LogP contribution >= 0.6 is 11.8 Å². The van der Waals surface area contributed by atoms with Crippen LogP contribution < -0.4 is 5.32 Å². The SMILES string of the molecule is CSc1ccc(NC(C)CS(C)(=O)=O)nc1. The van der Waals surface area contributed by atoms with Crippen molar-refractivity contribution in [2.75, 3.05) is 23.6 Å². The number of anilines is 1. The van der Waals surface area contributed by atoms with Gasteiger partial charge in [0.25, 0.3) is 0 Å². The van der Waals surface area contributed by atoms with Crippen LogP contribution in [-0.4, -0.2) is 37.7 Å². The van der Waals surface area contributed by atoms with E-state index in [4.69, 9.17) is 0 Å². The van der Waals surface area contributed by atoms with Crippen LogP contribution in [0, 0.1) is 0 Å². The molecule has 1 heterocycles. The minimum Gasteiger partial charge on any atom is -0.367 e. The summed E-state index contributed by atoms with van der Waals surface area (Å²) in [6.07, 6.45) is 4.98. The molecule has 0 fully saturated rings. The summed E-state index contributed by atoms with van der Waals surface area (Å²) in [4.78, 5) is 5.28. The van der Waals surface area contributed by atoms with Crippen LogP contribution in [0.15, 0.2) is 23.2 Å². The van der Waals surface area contributed by atoms with Crippen molar-refractivity contribution in [3.63, 3.8) is 0 Å². The van der Waals surface area contributed by atoms with Crippen molar-refractivity contribution in [1.82, 2.24) is 4.98 Å². The van der Waals surface area contributed by atoms with Crippen LogP contribution in [-0.2, 0) is 9.84 Å². The van der Waals surface area contributed by atoms with Gasteiger partial charge in [-0.1, -0.05) is 0 Å². The molecule has 1 atom stereocenters. The van der Waals surface area contributed by atoms with Crippen LogP contribution in [0.3, 0.4) is 0 Å². The van der Waals surface area contributed by atoms with Gasteiger partial charge >= 0.3 is 0 Å². The zero-order valence-electron chi connectivity index (χ0n) is 9.60. The van der Waals surface area contributed by atoms with Crippen molar-refractivity contribution in [3.8, 4) is 0 Å². The molecule has 4 nitrogen and oxygen atoms in total. The van der Waals surface area contributed by atoms with Crippen LogP contribution in [0.5, 0.6) is 0 Å². The molecule has 0 spiro atoms. The molecule has 1 N–H and O–H groups in total. The standard InChI is InChI=1S/C10H16N2O2S2/c1-8(7-16(3,13)14)12-10-5-4-9(15-2)6-11-10/h4-6,8H,7H2,1-3H3,(H,11,12). The van der Waals surface area contributed by atoms with Gasteiger partial charge in [-0.25, -0.2) is 13.4 Å². The van der Waals surface area contributed by atoms with E-state index in [1.165, 1.54) is 6.26 Å². The average Bonchev–Trinajstić information content (AvgIpc) is 2.16. The molecule has 0 saturated heterocycles. The molecule has 0 bridgehead atoms. The minimum absolute atomic E-state index is 0.110. The lowest BCUT2D eigenvalue weighted by Gasteiger charge is -2.13. The zero-order chi connectivity index (χ0) is 12.2. The molecular formula is C10H16N2O2S2. The molecule has 0 saturated carbocycles. The monoisotopic (exact) mass is 260 g/mol. The summed E-state index contributed by atoms with van der Waals surface area (Å²) in [5.41, 5.74) is 0. The topological polar surface area (TPSA) is 59.1 Å². The van der Waals surface area contributed by atoms with Gasteiger partial charge in [0, 0.05) is 23.4 Å². The number of thioether (sulfide) groups is 1. The Labute approximate surface area is 101 Å². The number of sulfone groups is 1. The first kappa shape index (κ1) is 13.3. The number of hydrogen-bond donors (Lipinski definition) is 1. The Hall–Kier alpha value is -0.750. The fourth-order valence-electron chi connectivity index (χ4n) is 1.33. The molecule has 1 aromatic heterocycles. The van der Waals surface area contributed by atoms with Gasteiger partial charge in [0.1, 0.15) is 15.7 Å². The Morgan fingerprint density at radius 3 is 2.62 bits per heavy atom. The van der Waals surface area contributed by atoms with Gasteiger partial charge in [0.2, 0.25) is 0 Å². The average molecular weight is 260 g/mol. The van der Waals surface area contributed by atoms with Gasteiger partial charge in [-0.15, -0.1) is 11.8 Å². The maximum Gasteiger partial charge on any atom is 0.149 e. The Morgan fingerprint density at radius 2 is 2.19 bits per heavy atom. The van der Waals surface area contributed by atoms with Crippen LogP contribution in [0.4, 0.5) is 5.82 Å². The van der Waals surface area contributed by atoms with Crippen LogP contribution in [0.2, 0.25) is 0 Å². The van der Waals surface area contributed by atoms with E-state index in [0.717, 1.165) is 4.90 Å². The molecule has 1 rings (SSSR count). The second-order valence-corrected chi connectivity index (χ2v) is 6.79. The lowest BCUT2D eigenvalue weighted by atomic mass is 10.4. The summed E-state index contributed by atoms with van der Waals surface area (Å²) in [6, 6.07) is 3.67. The van der Waals surface area contributed by atoms with E-state index in [9.17, 15) is 8.42 Å².